The fourth-order valence-electron chi connectivity index (χ4n) is 1.64. The van der Waals surface area contributed by atoms with Crippen LogP contribution in [0.1, 0.15) is 50.5 Å². The molecule has 0 saturated carbocycles. The summed E-state index contributed by atoms with van der Waals surface area (Å²) in [5.74, 6) is -1.21. The molecule has 5 nitrogen and oxygen atoms in total. The molecule has 0 aromatic heterocycles. The van der Waals surface area contributed by atoms with E-state index in [9.17, 15) is 14.4 Å². The number of carbonyl (C=O) groups is 3. The van der Waals surface area contributed by atoms with Gasteiger partial charge in [-0.1, -0.05) is 27.7 Å². The molecule has 1 aromatic carbocycles. The molecule has 0 atom stereocenters. The summed E-state index contributed by atoms with van der Waals surface area (Å²) < 4.78 is 11.0. The van der Waals surface area contributed by atoms with Crippen molar-refractivity contribution < 1.29 is 23.9 Å². The van der Waals surface area contributed by atoms with Crippen LogP contribution in [-0.4, -0.2) is 17.7 Å². The van der Waals surface area contributed by atoms with Crippen LogP contribution in [0.2, 0.25) is 0 Å². The van der Waals surface area contributed by atoms with E-state index in [2.05, 4.69) is 15.9 Å². The Kier molecular flexibility index (Phi) is 6.94. The molecule has 0 heterocycles. The summed E-state index contributed by atoms with van der Waals surface area (Å²) in [6.45, 7) is 8.24. The lowest BCUT2D eigenvalue weighted by Gasteiger charge is -2.16. The van der Waals surface area contributed by atoms with Gasteiger partial charge in [-0.25, -0.2) is 0 Å². The molecule has 0 N–H and O–H groups in total. The largest absolute Gasteiger partial charge is 0.460 e. The van der Waals surface area contributed by atoms with Crippen molar-refractivity contribution in [2.75, 3.05) is 0 Å². The van der Waals surface area contributed by atoms with E-state index in [0.717, 1.165) is 0 Å². The molecule has 0 saturated heterocycles. The molecule has 0 aliphatic carbocycles. The van der Waals surface area contributed by atoms with E-state index >= 15 is 0 Å². The van der Waals surface area contributed by atoms with Crippen molar-refractivity contribution in [1.82, 2.24) is 0 Å². The van der Waals surface area contributed by atoms with Gasteiger partial charge in [0.25, 0.3) is 0 Å². The highest BCUT2D eigenvalue weighted by atomic mass is 79.9. The molecule has 0 spiro atoms. The Labute approximate surface area is 144 Å². The van der Waals surface area contributed by atoms with Crippen LogP contribution in [0.4, 0.5) is 0 Å². The number of rotatable bonds is 6. The van der Waals surface area contributed by atoms with E-state index in [-0.39, 0.29) is 35.9 Å². The molecular formula is C17H21BrO5. The number of hydrogen-bond acceptors (Lipinski definition) is 5. The van der Waals surface area contributed by atoms with E-state index in [4.69, 9.17) is 9.47 Å². The van der Waals surface area contributed by atoms with Crippen molar-refractivity contribution >= 4 is 33.7 Å². The van der Waals surface area contributed by atoms with Gasteiger partial charge < -0.3 is 9.47 Å². The first kappa shape index (κ1) is 19.4. The molecule has 1 rings (SSSR count). The van der Waals surface area contributed by atoms with Crippen molar-refractivity contribution in [1.29, 1.82) is 0 Å². The minimum absolute atomic E-state index is 0.0839. The molecule has 0 aliphatic rings. The second-order valence-electron chi connectivity index (χ2n) is 5.80. The maximum absolute atomic E-state index is 11.8. The maximum Gasteiger partial charge on any atom is 0.313 e. The maximum atomic E-state index is 11.8. The third kappa shape index (κ3) is 5.16. The van der Waals surface area contributed by atoms with Gasteiger partial charge in [0.15, 0.2) is 5.78 Å². The predicted molar refractivity (Wildman–Crippen MR) is 89.3 cm³/mol. The Hall–Kier alpha value is -1.69. The average molecular weight is 385 g/mol. The van der Waals surface area contributed by atoms with Gasteiger partial charge in [0.1, 0.15) is 12.4 Å². The summed E-state index contributed by atoms with van der Waals surface area (Å²) in [6, 6.07) is 3.11. The third-order valence-corrected chi connectivity index (χ3v) is 4.00. The van der Waals surface area contributed by atoms with Gasteiger partial charge in [0, 0.05) is 15.6 Å². The number of ketones is 1. The SMILES string of the molecule is CC(=O)c1ccc(OC(=O)C(C)C)c(COC(=O)C(C)C)c1Br. The Morgan fingerprint density at radius 1 is 1.04 bits per heavy atom. The first-order chi connectivity index (χ1) is 10.6. The smallest absolute Gasteiger partial charge is 0.313 e. The summed E-state index contributed by atoms with van der Waals surface area (Å²) in [5.41, 5.74) is 0.894. The molecule has 0 unspecified atom stereocenters. The predicted octanol–water partition coefficient (Wildman–Crippen LogP) is 3.91. The highest BCUT2D eigenvalue weighted by Gasteiger charge is 2.20. The topological polar surface area (TPSA) is 69.7 Å². The van der Waals surface area contributed by atoms with Crippen molar-refractivity contribution in [2.45, 2.75) is 41.2 Å². The molecule has 0 bridgehead atoms. The van der Waals surface area contributed by atoms with Gasteiger partial charge >= 0.3 is 11.9 Å². The normalized spacial score (nSPS) is 10.8. The lowest BCUT2D eigenvalue weighted by molar-refractivity contribution is -0.148. The van der Waals surface area contributed by atoms with Crippen molar-refractivity contribution in [3.63, 3.8) is 0 Å². The van der Waals surface area contributed by atoms with Gasteiger partial charge in [-0.2, -0.15) is 0 Å². The van der Waals surface area contributed by atoms with Gasteiger partial charge in [-0.3, -0.25) is 14.4 Å². The number of Topliss-reactive ketones (excluding diaryl/α,β-unsaturated/α-hetero) is 1. The zero-order chi connectivity index (χ0) is 17.7. The summed E-state index contributed by atoms with van der Waals surface area (Å²) in [4.78, 5) is 35.2. The molecule has 1 aromatic rings. The minimum atomic E-state index is -0.399. The highest BCUT2D eigenvalue weighted by molar-refractivity contribution is 9.10. The number of esters is 2. The zero-order valence-corrected chi connectivity index (χ0v) is 15.5. The van der Waals surface area contributed by atoms with Crippen molar-refractivity contribution in [2.24, 2.45) is 11.8 Å². The number of benzene rings is 1. The zero-order valence-electron chi connectivity index (χ0n) is 13.9. The summed E-state index contributed by atoms with van der Waals surface area (Å²) in [6.07, 6.45) is 0. The van der Waals surface area contributed by atoms with Crippen LogP contribution in [0.3, 0.4) is 0 Å². The second kappa shape index (κ2) is 8.24. The minimum Gasteiger partial charge on any atom is -0.460 e. The molecule has 0 fully saturated rings. The van der Waals surface area contributed by atoms with Crippen LogP contribution < -0.4 is 4.74 Å². The van der Waals surface area contributed by atoms with E-state index in [0.29, 0.717) is 15.6 Å². The molecule has 0 radical (unpaired) electrons. The monoisotopic (exact) mass is 384 g/mol. The molecule has 0 amide bonds. The average Bonchev–Trinajstić information content (AvgIpc) is 2.45. The molecule has 126 valence electrons. The van der Waals surface area contributed by atoms with Gasteiger partial charge in [-0.15, -0.1) is 0 Å². The first-order valence-corrected chi connectivity index (χ1v) is 8.15. The van der Waals surface area contributed by atoms with Crippen LogP contribution in [0.15, 0.2) is 16.6 Å². The van der Waals surface area contributed by atoms with Crippen LogP contribution in [0.5, 0.6) is 5.75 Å². The lowest BCUT2D eigenvalue weighted by Crippen LogP contribution is -2.17. The van der Waals surface area contributed by atoms with Crippen LogP contribution in [0.25, 0.3) is 0 Å². The lowest BCUT2D eigenvalue weighted by atomic mass is 10.1. The molecule has 23 heavy (non-hydrogen) atoms. The molecule has 6 heteroatoms. The Bertz CT molecular complexity index is 620. The number of carbonyl (C=O) groups excluding carboxylic acids is 3. The van der Waals surface area contributed by atoms with Crippen LogP contribution in [-0.2, 0) is 20.9 Å². The summed E-state index contributed by atoms with van der Waals surface area (Å²) >= 11 is 3.34. The third-order valence-electron chi connectivity index (χ3n) is 3.09. The number of hydrogen-bond donors (Lipinski definition) is 0. The quantitative estimate of drug-likeness (QED) is 0.422. The Balaban J connectivity index is 3.18. The fraction of sp³-hybridized carbons (Fsp3) is 0.471. The molecular weight excluding hydrogens is 364 g/mol. The Morgan fingerprint density at radius 3 is 2.09 bits per heavy atom. The van der Waals surface area contributed by atoms with Gasteiger partial charge in [-0.05, 0) is 35.0 Å². The van der Waals surface area contributed by atoms with E-state index in [1.54, 1.807) is 39.8 Å². The molecule has 0 aliphatic heterocycles. The van der Waals surface area contributed by atoms with E-state index in [1.165, 1.54) is 6.92 Å². The highest BCUT2D eigenvalue weighted by Crippen LogP contribution is 2.32. The number of halogens is 1. The second-order valence-corrected chi connectivity index (χ2v) is 6.59. The Morgan fingerprint density at radius 2 is 1.61 bits per heavy atom. The standard InChI is InChI=1S/C17H21BrO5/c1-9(2)16(20)22-8-13-14(23-17(21)10(3)4)7-6-12(11(5)19)15(13)18/h6-7,9-10H,8H2,1-5H3. The van der Waals surface area contributed by atoms with Crippen LogP contribution in [0, 0.1) is 11.8 Å². The fourth-order valence-corrected chi connectivity index (χ4v) is 2.36. The van der Waals surface area contributed by atoms with E-state index < -0.39 is 5.97 Å². The first-order valence-electron chi connectivity index (χ1n) is 7.35. The van der Waals surface area contributed by atoms with E-state index in [1.807, 2.05) is 0 Å². The summed E-state index contributed by atoms with van der Waals surface area (Å²) in [7, 11) is 0. The van der Waals surface area contributed by atoms with Crippen molar-refractivity contribution in [3.05, 3.63) is 27.7 Å². The number of ether oxygens (including phenoxy) is 2. The van der Waals surface area contributed by atoms with Gasteiger partial charge in [0.05, 0.1) is 11.8 Å². The van der Waals surface area contributed by atoms with Crippen molar-refractivity contribution in [3.8, 4) is 5.75 Å². The van der Waals surface area contributed by atoms with Gasteiger partial charge in [0.2, 0.25) is 0 Å². The summed E-state index contributed by atoms with van der Waals surface area (Å²) in [5, 5.41) is 0. The van der Waals surface area contributed by atoms with Crippen LogP contribution >= 0.6 is 15.9 Å².